The molecule has 2 nitrogen and oxygen atoms in total. The number of nitrogens with zero attached hydrogens (tertiary/aromatic N) is 1. The number of benzene rings is 1. The van der Waals surface area contributed by atoms with Crippen LogP contribution in [0.25, 0.3) is 5.57 Å². The van der Waals surface area contributed by atoms with E-state index in [-0.39, 0.29) is 5.92 Å². The van der Waals surface area contributed by atoms with Crippen LogP contribution in [-0.4, -0.2) is 5.78 Å². The van der Waals surface area contributed by atoms with Crippen molar-refractivity contribution in [2.45, 2.75) is 19.3 Å². The first-order valence-electron chi connectivity index (χ1n) is 6.03. The van der Waals surface area contributed by atoms with E-state index >= 15 is 0 Å². The Hall–Kier alpha value is -1.88. The number of rotatable bonds is 1. The molecule has 17 heavy (non-hydrogen) atoms. The molecule has 2 aliphatic carbocycles. The third-order valence-corrected chi connectivity index (χ3v) is 3.86. The van der Waals surface area contributed by atoms with Gasteiger partial charge in [0.15, 0.2) is 0 Å². The quantitative estimate of drug-likeness (QED) is 0.734. The Labute approximate surface area is 101 Å². The van der Waals surface area contributed by atoms with Crippen LogP contribution < -0.4 is 0 Å². The molecule has 0 heterocycles. The van der Waals surface area contributed by atoms with Crippen molar-refractivity contribution < 1.29 is 4.79 Å². The SMILES string of the molecule is N#Cc1ccc(C2=CC3CC2CCC3=O)cc1. The van der Waals surface area contributed by atoms with Gasteiger partial charge in [0.2, 0.25) is 0 Å². The molecular weight excluding hydrogens is 210 g/mol. The Morgan fingerprint density at radius 1 is 1.24 bits per heavy atom. The molecule has 2 heteroatoms. The predicted molar refractivity (Wildman–Crippen MR) is 65.0 cm³/mol. The number of ketones is 1. The number of allylic oxidation sites excluding steroid dienone is 2. The molecule has 84 valence electrons. The van der Waals surface area contributed by atoms with Gasteiger partial charge in [0, 0.05) is 12.3 Å². The number of carbonyl (C=O) groups is 1. The number of fused-ring (bicyclic) bond motifs is 2. The molecule has 2 atom stereocenters. The Kier molecular flexibility index (Phi) is 2.33. The van der Waals surface area contributed by atoms with E-state index in [4.69, 9.17) is 5.26 Å². The van der Waals surface area contributed by atoms with E-state index < -0.39 is 0 Å². The zero-order valence-electron chi connectivity index (χ0n) is 9.52. The highest BCUT2D eigenvalue weighted by atomic mass is 16.1. The molecule has 2 bridgehead atoms. The highest BCUT2D eigenvalue weighted by Gasteiger charge is 2.35. The lowest BCUT2D eigenvalue weighted by Gasteiger charge is -2.19. The normalized spacial score (nSPS) is 26.5. The lowest BCUT2D eigenvalue weighted by atomic mass is 9.84. The first-order chi connectivity index (χ1) is 8.28. The minimum absolute atomic E-state index is 0.152. The van der Waals surface area contributed by atoms with Crippen LogP contribution in [-0.2, 0) is 4.79 Å². The first kappa shape index (κ1) is 10.3. The van der Waals surface area contributed by atoms with Gasteiger partial charge in [-0.25, -0.2) is 0 Å². The van der Waals surface area contributed by atoms with Crippen LogP contribution in [0.5, 0.6) is 0 Å². The molecule has 1 aromatic rings. The molecule has 2 unspecified atom stereocenters. The molecular formula is C15H13NO. The maximum Gasteiger partial charge on any atom is 0.139 e. The number of hydrogen-bond donors (Lipinski definition) is 0. The molecule has 0 radical (unpaired) electrons. The van der Waals surface area contributed by atoms with Crippen molar-refractivity contribution in [2.24, 2.45) is 11.8 Å². The molecule has 3 rings (SSSR count). The number of carbonyl (C=O) groups excluding carboxylic acids is 1. The smallest absolute Gasteiger partial charge is 0.139 e. The molecule has 1 fully saturated rings. The standard InChI is InChI=1S/C15H13NO/c16-9-10-1-3-11(4-2-10)14-8-13-7-12(14)5-6-15(13)17/h1-4,8,12-13H,5-7H2. The van der Waals surface area contributed by atoms with Gasteiger partial charge in [-0.2, -0.15) is 5.26 Å². The summed E-state index contributed by atoms with van der Waals surface area (Å²) in [7, 11) is 0. The van der Waals surface area contributed by atoms with Crippen molar-refractivity contribution in [2.75, 3.05) is 0 Å². The van der Waals surface area contributed by atoms with Crippen molar-refractivity contribution in [1.82, 2.24) is 0 Å². The van der Waals surface area contributed by atoms with Crippen LogP contribution in [0.2, 0.25) is 0 Å². The van der Waals surface area contributed by atoms with E-state index in [1.807, 2.05) is 24.3 Å². The average molecular weight is 223 g/mol. The highest BCUT2D eigenvalue weighted by Crippen LogP contribution is 2.44. The summed E-state index contributed by atoms with van der Waals surface area (Å²) in [4.78, 5) is 11.6. The number of Topliss-reactive ketones (excluding diaryl/α,β-unsaturated/α-hetero) is 1. The number of nitriles is 1. The Morgan fingerprint density at radius 2 is 2.00 bits per heavy atom. The third-order valence-electron chi connectivity index (χ3n) is 3.86. The lowest BCUT2D eigenvalue weighted by molar-refractivity contribution is -0.123. The molecule has 0 aliphatic heterocycles. The van der Waals surface area contributed by atoms with E-state index in [0.29, 0.717) is 17.3 Å². The summed E-state index contributed by atoms with van der Waals surface area (Å²) in [5.74, 6) is 1.09. The molecule has 0 amide bonds. The Balaban J connectivity index is 1.94. The summed E-state index contributed by atoms with van der Waals surface area (Å²) in [6.07, 6.45) is 4.85. The fourth-order valence-corrected chi connectivity index (χ4v) is 2.92. The first-order valence-corrected chi connectivity index (χ1v) is 6.03. The second-order valence-corrected chi connectivity index (χ2v) is 4.86. The summed E-state index contributed by atoms with van der Waals surface area (Å²) >= 11 is 0. The summed E-state index contributed by atoms with van der Waals surface area (Å²) in [5, 5.41) is 8.77. The van der Waals surface area contributed by atoms with Crippen molar-refractivity contribution >= 4 is 11.4 Å². The van der Waals surface area contributed by atoms with Gasteiger partial charge in [-0.1, -0.05) is 18.2 Å². The van der Waals surface area contributed by atoms with Crippen molar-refractivity contribution in [1.29, 1.82) is 5.26 Å². The number of hydrogen-bond acceptors (Lipinski definition) is 2. The Morgan fingerprint density at radius 3 is 2.65 bits per heavy atom. The maximum atomic E-state index is 11.6. The van der Waals surface area contributed by atoms with E-state index in [0.717, 1.165) is 19.3 Å². The zero-order valence-corrected chi connectivity index (χ0v) is 9.52. The van der Waals surface area contributed by atoms with E-state index in [1.165, 1.54) is 11.1 Å². The van der Waals surface area contributed by atoms with Gasteiger partial charge >= 0.3 is 0 Å². The third kappa shape index (κ3) is 1.68. The second kappa shape index (κ2) is 3.85. The molecule has 1 aromatic carbocycles. The topological polar surface area (TPSA) is 40.9 Å². The van der Waals surface area contributed by atoms with Crippen molar-refractivity contribution in [3.63, 3.8) is 0 Å². The van der Waals surface area contributed by atoms with Crippen LogP contribution in [0, 0.1) is 23.2 Å². The van der Waals surface area contributed by atoms with Gasteiger partial charge in [-0.15, -0.1) is 0 Å². The summed E-state index contributed by atoms with van der Waals surface area (Å²) in [6, 6.07) is 9.81. The minimum Gasteiger partial charge on any atom is -0.299 e. The van der Waals surface area contributed by atoms with E-state index in [2.05, 4.69) is 12.1 Å². The van der Waals surface area contributed by atoms with Crippen molar-refractivity contribution in [3.8, 4) is 6.07 Å². The minimum atomic E-state index is 0.152. The van der Waals surface area contributed by atoms with Crippen molar-refractivity contribution in [3.05, 3.63) is 41.5 Å². The second-order valence-electron chi connectivity index (χ2n) is 4.86. The lowest BCUT2D eigenvalue weighted by Crippen LogP contribution is -2.17. The summed E-state index contributed by atoms with van der Waals surface area (Å²) in [6.45, 7) is 0. The molecule has 2 aliphatic rings. The Bertz CT molecular complexity index is 533. The van der Waals surface area contributed by atoms with Gasteiger partial charge in [-0.3, -0.25) is 4.79 Å². The monoisotopic (exact) mass is 223 g/mol. The van der Waals surface area contributed by atoms with Crippen LogP contribution in [0.15, 0.2) is 30.3 Å². The predicted octanol–water partition coefficient (Wildman–Crippen LogP) is 2.94. The van der Waals surface area contributed by atoms with Gasteiger partial charge in [-0.05, 0) is 42.0 Å². The maximum absolute atomic E-state index is 11.6. The fourth-order valence-electron chi connectivity index (χ4n) is 2.92. The van der Waals surface area contributed by atoms with Gasteiger partial charge in [0.05, 0.1) is 11.6 Å². The molecule has 1 saturated carbocycles. The largest absolute Gasteiger partial charge is 0.299 e. The molecule has 0 saturated heterocycles. The van der Waals surface area contributed by atoms with Gasteiger partial charge < -0.3 is 0 Å². The molecule has 0 aromatic heterocycles. The van der Waals surface area contributed by atoms with Crippen LogP contribution in [0.3, 0.4) is 0 Å². The van der Waals surface area contributed by atoms with Crippen LogP contribution in [0.4, 0.5) is 0 Å². The fraction of sp³-hybridized carbons (Fsp3) is 0.333. The molecule has 0 N–H and O–H groups in total. The van der Waals surface area contributed by atoms with E-state index in [1.54, 1.807) is 0 Å². The molecule has 0 spiro atoms. The summed E-state index contributed by atoms with van der Waals surface area (Å²) < 4.78 is 0. The van der Waals surface area contributed by atoms with E-state index in [9.17, 15) is 4.79 Å². The van der Waals surface area contributed by atoms with Crippen LogP contribution >= 0.6 is 0 Å². The highest BCUT2D eigenvalue weighted by molar-refractivity contribution is 5.89. The van der Waals surface area contributed by atoms with Crippen LogP contribution in [0.1, 0.15) is 30.4 Å². The van der Waals surface area contributed by atoms with Gasteiger partial charge in [0.1, 0.15) is 5.78 Å². The summed E-state index contributed by atoms with van der Waals surface area (Å²) in [5.41, 5.74) is 3.17. The average Bonchev–Trinajstić information content (AvgIpc) is 2.74. The zero-order chi connectivity index (χ0) is 11.8. The van der Waals surface area contributed by atoms with Gasteiger partial charge in [0.25, 0.3) is 0 Å².